The zero-order valence-electron chi connectivity index (χ0n) is 14.9. The van der Waals surface area contributed by atoms with E-state index in [9.17, 15) is 0 Å². The van der Waals surface area contributed by atoms with Crippen molar-refractivity contribution in [1.29, 1.82) is 0 Å². The summed E-state index contributed by atoms with van der Waals surface area (Å²) in [6.45, 7) is 6.27. The van der Waals surface area contributed by atoms with Crippen LogP contribution >= 0.6 is 0 Å². The zero-order valence-corrected chi connectivity index (χ0v) is 14.9. The highest BCUT2D eigenvalue weighted by Crippen LogP contribution is 2.23. The monoisotopic (exact) mass is 333 g/mol. The van der Waals surface area contributed by atoms with Crippen LogP contribution in [0.5, 0.6) is 0 Å². The number of nitrogens with one attached hydrogen (secondary N) is 1. The zero-order chi connectivity index (χ0) is 17.6. The van der Waals surface area contributed by atoms with Gasteiger partial charge in [-0.05, 0) is 48.6 Å². The first-order valence-electron chi connectivity index (χ1n) is 8.70. The number of anilines is 1. The van der Waals surface area contributed by atoms with E-state index in [0.29, 0.717) is 5.95 Å². The second-order valence-corrected chi connectivity index (χ2v) is 5.96. The topological polar surface area (TPSA) is 63.6 Å². The molecular formula is C20H23N5. The average molecular weight is 333 g/mol. The number of hydrogen-bond donors (Lipinski definition) is 1. The van der Waals surface area contributed by atoms with Crippen molar-refractivity contribution in [2.24, 2.45) is 0 Å². The molecule has 5 nitrogen and oxygen atoms in total. The number of aryl methyl sites for hydroxylation is 2. The molecule has 0 saturated heterocycles. The SMILES string of the molecule is CCc1nnc(NC(C)c2ccc(-c3ccncc3)cc2)nc1CC. The summed E-state index contributed by atoms with van der Waals surface area (Å²) in [5.74, 6) is 0.583. The van der Waals surface area contributed by atoms with Crippen molar-refractivity contribution in [3.63, 3.8) is 0 Å². The van der Waals surface area contributed by atoms with E-state index in [1.807, 2.05) is 24.5 Å². The van der Waals surface area contributed by atoms with Crippen LogP contribution < -0.4 is 5.32 Å². The van der Waals surface area contributed by atoms with Gasteiger partial charge in [-0.3, -0.25) is 4.98 Å². The molecule has 0 radical (unpaired) electrons. The number of rotatable bonds is 6. The summed E-state index contributed by atoms with van der Waals surface area (Å²) in [7, 11) is 0. The van der Waals surface area contributed by atoms with Gasteiger partial charge >= 0.3 is 0 Å². The van der Waals surface area contributed by atoms with Crippen molar-refractivity contribution in [1.82, 2.24) is 20.2 Å². The minimum Gasteiger partial charge on any atom is -0.346 e. The third kappa shape index (κ3) is 3.99. The third-order valence-corrected chi connectivity index (χ3v) is 4.28. The second-order valence-electron chi connectivity index (χ2n) is 5.96. The van der Waals surface area contributed by atoms with Gasteiger partial charge < -0.3 is 5.32 Å². The molecular weight excluding hydrogens is 310 g/mol. The lowest BCUT2D eigenvalue weighted by atomic mass is 10.0. The fraction of sp³-hybridized carbons (Fsp3) is 0.300. The van der Waals surface area contributed by atoms with Crippen LogP contribution in [0.25, 0.3) is 11.1 Å². The summed E-state index contributed by atoms with van der Waals surface area (Å²) < 4.78 is 0. The first-order chi connectivity index (χ1) is 12.2. The first kappa shape index (κ1) is 17.0. The molecule has 1 N–H and O–H groups in total. The highest BCUT2D eigenvalue weighted by Gasteiger charge is 2.10. The first-order valence-corrected chi connectivity index (χ1v) is 8.70. The van der Waals surface area contributed by atoms with Crippen LogP contribution in [0.2, 0.25) is 0 Å². The van der Waals surface area contributed by atoms with Crippen molar-refractivity contribution in [2.45, 2.75) is 39.7 Å². The standard InChI is InChI=1S/C20H23N5/c1-4-18-19(5-2)24-25-20(23-18)22-14(3)15-6-8-16(9-7-15)17-10-12-21-13-11-17/h6-14H,4-5H2,1-3H3,(H,22,23,25). The predicted octanol–water partition coefficient (Wildman–Crippen LogP) is 4.23. The lowest BCUT2D eigenvalue weighted by Gasteiger charge is -2.15. The van der Waals surface area contributed by atoms with Crippen LogP contribution in [-0.2, 0) is 12.8 Å². The molecule has 2 aromatic heterocycles. The van der Waals surface area contributed by atoms with Gasteiger partial charge in [0.2, 0.25) is 5.95 Å². The Morgan fingerprint density at radius 2 is 1.48 bits per heavy atom. The van der Waals surface area contributed by atoms with Crippen LogP contribution in [0.15, 0.2) is 48.8 Å². The molecule has 2 heterocycles. The lowest BCUT2D eigenvalue weighted by Crippen LogP contribution is -2.12. The van der Waals surface area contributed by atoms with Gasteiger partial charge in [0.25, 0.3) is 0 Å². The molecule has 1 atom stereocenters. The average Bonchev–Trinajstić information content (AvgIpc) is 2.68. The molecule has 0 spiro atoms. The van der Waals surface area contributed by atoms with E-state index >= 15 is 0 Å². The number of nitrogens with zero attached hydrogens (tertiary/aromatic N) is 4. The molecule has 1 unspecified atom stereocenters. The van der Waals surface area contributed by atoms with Gasteiger partial charge in [0.1, 0.15) is 0 Å². The Balaban J connectivity index is 1.74. The van der Waals surface area contributed by atoms with Crippen LogP contribution in [0.4, 0.5) is 5.95 Å². The number of aromatic nitrogens is 4. The maximum atomic E-state index is 4.60. The summed E-state index contributed by atoms with van der Waals surface area (Å²) in [5.41, 5.74) is 5.51. The molecule has 3 aromatic rings. The molecule has 5 heteroatoms. The van der Waals surface area contributed by atoms with E-state index in [2.05, 4.69) is 70.5 Å². The smallest absolute Gasteiger partial charge is 0.243 e. The molecule has 128 valence electrons. The molecule has 0 fully saturated rings. The van der Waals surface area contributed by atoms with E-state index in [0.717, 1.165) is 29.8 Å². The van der Waals surface area contributed by atoms with Crippen LogP contribution in [0.1, 0.15) is 43.8 Å². The summed E-state index contributed by atoms with van der Waals surface area (Å²) >= 11 is 0. The molecule has 0 aliphatic rings. The molecule has 3 rings (SSSR count). The van der Waals surface area contributed by atoms with Gasteiger partial charge in [-0.1, -0.05) is 38.1 Å². The highest BCUT2D eigenvalue weighted by atomic mass is 15.2. The normalized spacial score (nSPS) is 12.0. The Hall–Kier alpha value is -2.82. The predicted molar refractivity (Wildman–Crippen MR) is 100 cm³/mol. The van der Waals surface area contributed by atoms with Crippen molar-refractivity contribution in [3.05, 3.63) is 65.7 Å². The molecule has 25 heavy (non-hydrogen) atoms. The second kappa shape index (κ2) is 7.83. The maximum Gasteiger partial charge on any atom is 0.243 e. The van der Waals surface area contributed by atoms with Gasteiger partial charge in [0.05, 0.1) is 17.4 Å². The quantitative estimate of drug-likeness (QED) is 0.731. The van der Waals surface area contributed by atoms with Crippen LogP contribution in [-0.4, -0.2) is 20.2 Å². The minimum absolute atomic E-state index is 0.102. The van der Waals surface area contributed by atoms with E-state index in [-0.39, 0.29) is 6.04 Å². The summed E-state index contributed by atoms with van der Waals surface area (Å²) in [6, 6.07) is 12.6. The van der Waals surface area contributed by atoms with Gasteiger partial charge in [0, 0.05) is 12.4 Å². The Morgan fingerprint density at radius 1 is 0.840 bits per heavy atom. The minimum atomic E-state index is 0.102. The Bertz CT molecular complexity index is 815. The highest BCUT2D eigenvalue weighted by molar-refractivity contribution is 5.63. The number of pyridine rings is 1. The molecule has 0 aliphatic carbocycles. The van der Waals surface area contributed by atoms with Crippen molar-refractivity contribution >= 4 is 5.95 Å². The number of benzene rings is 1. The fourth-order valence-corrected chi connectivity index (χ4v) is 2.78. The van der Waals surface area contributed by atoms with Crippen molar-refractivity contribution in [2.75, 3.05) is 5.32 Å². The van der Waals surface area contributed by atoms with E-state index in [4.69, 9.17) is 0 Å². The van der Waals surface area contributed by atoms with E-state index in [1.165, 1.54) is 11.1 Å². The van der Waals surface area contributed by atoms with E-state index < -0.39 is 0 Å². The third-order valence-electron chi connectivity index (χ3n) is 4.28. The van der Waals surface area contributed by atoms with E-state index in [1.54, 1.807) is 0 Å². The fourth-order valence-electron chi connectivity index (χ4n) is 2.78. The Kier molecular flexibility index (Phi) is 5.33. The molecule has 0 amide bonds. The molecule has 0 bridgehead atoms. The van der Waals surface area contributed by atoms with Crippen LogP contribution in [0.3, 0.4) is 0 Å². The largest absolute Gasteiger partial charge is 0.346 e. The van der Waals surface area contributed by atoms with Gasteiger partial charge in [0.15, 0.2) is 0 Å². The summed E-state index contributed by atoms with van der Waals surface area (Å²) in [6.07, 6.45) is 5.34. The molecule has 0 aliphatic heterocycles. The number of hydrogen-bond acceptors (Lipinski definition) is 5. The Morgan fingerprint density at radius 3 is 2.12 bits per heavy atom. The van der Waals surface area contributed by atoms with Crippen molar-refractivity contribution < 1.29 is 0 Å². The lowest BCUT2D eigenvalue weighted by molar-refractivity contribution is 0.790. The van der Waals surface area contributed by atoms with Gasteiger partial charge in [-0.25, -0.2) is 4.98 Å². The molecule has 0 saturated carbocycles. The van der Waals surface area contributed by atoms with Crippen LogP contribution in [0, 0.1) is 0 Å². The van der Waals surface area contributed by atoms with Gasteiger partial charge in [-0.2, -0.15) is 5.10 Å². The maximum absolute atomic E-state index is 4.60. The van der Waals surface area contributed by atoms with Gasteiger partial charge in [-0.15, -0.1) is 5.10 Å². The summed E-state index contributed by atoms with van der Waals surface area (Å²) in [5, 5.41) is 11.8. The molecule has 1 aromatic carbocycles. The van der Waals surface area contributed by atoms with Crippen molar-refractivity contribution in [3.8, 4) is 11.1 Å². The summed E-state index contributed by atoms with van der Waals surface area (Å²) in [4.78, 5) is 8.66. The Labute approximate surface area is 148 Å².